The van der Waals surface area contributed by atoms with E-state index in [0.29, 0.717) is 5.78 Å². The summed E-state index contributed by atoms with van der Waals surface area (Å²) >= 11 is 0. The highest BCUT2D eigenvalue weighted by Gasteiger charge is 2.01. The summed E-state index contributed by atoms with van der Waals surface area (Å²) in [6.45, 7) is 4.54. The molecule has 0 aliphatic carbocycles. The summed E-state index contributed by atoms with van der Waals surface area (Å²) in [7, 11) is 0. The van der Waals surface area contributed by atoms with Gasteiger partial charge in [-0.15, -0.1) is 0 Å². The second-order valence-corrected chi connectivity index (χ2v) is 11.6. The van der Waals surface area contributed by atoms with Gasteiger partial charge in [0, 0.05) is 12.8 Å². The summed E-state index contributed by atoms with van der Waals surface area (Å²) in [5.41, 5.74) is 0. The van der Waals surface area contributed by atoms with Crippen LogP contribution in [0.1, 0.15) is 187 Å². The van der Waals surface area contributed by atoms with E-state index < -0.39 is 0 Å². The Morgan fingerprint density at radius 3 is 1.26 bits per heavy atom. The predicted octanol–water partition coefficient (Wildman–Crippen LogP) is 13.4. The molecule has 0 aromatic carbocycles. The van der Waals surface area contributed by atoms with Crippen molar-refractivity contribution in [3.05, 3.63) is 48.6 Å². The van der Waals surface area contributed by atoms with Gasteiger partial charge in [-0.25, -0.2) is 0 Å². The van der Waals surface area contributed by atoms with E-state index in [9.17, 15) is 4.79 Å². The molecule has 0 saturated heterocycles. The molecule has 1 heteroatoms. The Morgan fingerprint density at radius 1 is 0.436 bits per heavy atom. The van der Waals surface area contributed by atoms with Crippen LogP contribution in [-0.2, 0) is 4.79 Å². The number of ketones is 1. The highest BCUT2D eigenvalue weighted by Crippen LogP contribution is 2.14. The van der Waals surface area contributed by atoms with E-state index in [2.05, 4.69) is 62.5 Å². The third kappa shape index (κ3) is 34.6. The van der Waals surface area contributed by atoms with Crippen LogP contribution in [0, 0.1) is 0 Å². The number of carbonyl (C=O) groups is 1. The highest BCUT2D eigenvalue weighted by molar-refractivity contribution is 5.78. The van der Waals surface area contributed by atoms with E-state index in [-0.39, 0.29) is 0 Å². The molecule has 0 spiro atoms. The second-order valence-electron chi connectivity index (χ2n) is 11.6. The van der Waals surface area contributed by atoms with Crippen LogP contribution < -0.4 is 0 Å². The van der Waals surface area contributed by atoms with Crippen LogP contribution in [-0.4, -0.2) is 5.78 Å². The van der Waals surface area contributed by atoms with Crippen molar-refractivity contribution >= 4 is 5.78 Å². The van der Waals surface area contributed by atoms with Crippen molar-refractivity contribution in [2.75, 3.05) is 0 Å². The lowest BCUT2D eigenvalue weighted by Crippen LogP contribution is -1.97. The molecule has 0 heterocycles. The summed E-state index contributed by atoms with van der Waals surface area (Å²) < 4.78 is 0. The van der Waals surface area contributed by atoms with Crippen LogP contribution in [0.4, 0.5) is 0 Å². The minimum absolute atomic E-state index is 0.483. The van der Waals surface area contributed by atoms with E-state index >= 15 is 0 Å². The molecule has 0 aromatic rings. The molecule has 0 radical (unpaired) electrons. The highest BCUT2D eigenvalue weighted by atomic mass is 16.1. The largest absolute Gasteiger partial charge is 0.300 e. The summed E-state index contributed by atoms with van der Waals surface area (Å²) in [5, 5.41) is 0. The van der Waals surface area contributed by atoms with Crippen LogP contribution in [0.25, 0.3) is 0 Å². The number of hydrogen-bond donors (Lipinski definition) is 0. The van der Waals surface area contributed by atoms with Gasteiger partial charge in [-0.1, -0.05) is 165 Å². The van der Waals surface area contributed by atoms with Crippen molar-refractivity contribution in [2.24, 2.45) is 0 Å². The zero-order chi connectivity index (χ0) is 28.3. The fourth-order valence-electron chi connectivity index (χ4n) is 4.96. The Kier molecular flexibility index (Phi) is 33.4. The summed E-state index contributed by atoms with van der Waals surface area (Å²) in [6, 6.07) is 0. The smallest absolute Gasteiger partial charge is 0.132 e. The van der Waals surface area contributed by atoms with E-state index in [1.54, 1.807) is 0 Å². The number of rotatable bonds is 31. The molecule has 0 rings (SSSR count). The lowest BCUT2D eigenvalue weighted by atomic mass is 10.0. The number of hydrogen-bond acceptors (Lipinski definition) is 1. The maximum atomic E-state index is 12.1. The first-order valence-corrected chi connectivity index (χ1v) is 17.4. The molecule has 0 bridgehead atoms. The van der Waals surface area contributed by atoms with Crippen molar-refractivity contribution < 1.29 is 4.79 Å². The fourth-order valence-corrected chi connectivity index (χ4v) is 4.96. The second kappa shape index (κ2) is 34.7. The van der Waals surface area contributed by atoms with Crippen LogP contribution >= 0.6 is 0 Å². The molecule has 0 aliphatic heterocycles. The van der Waals surface area contributed by atoms with Gasteiger partial charge in [-0.2, -0.15) is 0 Å². The zero-order valence-electron chi connectivity index (χ0n) is 26.6. The Hall–Kier alpha value is -1.37. The average Bonchev–Trinajstić information content (AvgIpc) is 2.94. The molecule has 0 saturated carbocycles. The molecule has 226 valence electrons. The summed E-state index contributed by atoms with van der Waals surface area (Å²) in [6.07, 6.45) is 52.0. The van der Waals surface area contributed by atoms with Crippen LogP contribution in [0.3, 0.4) is 0 Å². The Morgan fingerprint density at radius 2 is 0.795 bits per heavy atom. The van der Waals surface area contributed by atoms with Crippen molar-refractivity contribution in [3.8, 4) is 0 Å². The van der Waals surface area contributed by atoms with Crippen molar-refractivity contribution in [1.29, 1.82) is 0 Å². The molecule has 0 fully saturated rings. The zero-order valence-corrected chi connectivity index (χ0v) is 26.6. The van der Waals surface area contributed by atoms with E-state index in [0.717, 1.165) is 57.8 Å². The lowest BCUT2D eigenvalue weighted by molar-refractivity contribution is -0.119. The summed E-state index contributed by atoms with van der Waals surface area (Å²) in [4.78, 5) is 12.1. The number of carbonyl (C=O) groups excluding carboxylic acids is 1. The normalized spacial score (nSPS) is 12.3. The quantitative estimate of drug-likeness (QED) is 0.0628. The molecule has 39 heavy (non-hydrogen) atoms. The number of Topliss-reactive ketones (excluding diaryl/α,β-unsaturated/α-hetero) is 1. The molecular formula is C38H68O. The molecule has 0 aromatic heterocycles. The van der Waals surface area contributed by atoms with Gasteiger partial charge in [0.25, 0.3) is 0 Å². The van der Waals surface area contributed by atoms with Gasteiger partial charge in [0.1, 0.15) is 5.78 Å². The molecular weight excluding hydrogens is 474 g/mol. The Bertz CT molecular complexity index is 594. The fraction of sp³-hybridized carbons (Fsp3) is 0.763. The Balaban J connectivity index is 3.34. The van der Waals surface area contributed by atoms with Gasteiger partial charge < -0.3 is 0 Å². The molecule has 0 atom stereocenters. The third-order valence-electron chi connectivity index (χ3n) is 7.59. The van der Waals surface area contributed by atoms with E-state index in [1.165, 1.54) is 116 Å². The number of allylic oxidation sites excluding steroid dienone is 8. The van der Waals surface area contributed by atoms with Crippen LogP contribution in [0.2, 0.25) is 0 Å². The standard InChI is InChI=1S/C38H68O/c1-3-5-7-9-11-13-15-17-19-20-21-23-25-27-29-31-33-35-37-38(39)36-34-32-30-28-26-24-22-18-16-14-12-10-8-6-4-2/h11,13,17,19,21,23,27,29H,3-10,12,14-16,18,20,22,24-26,28,30-37H2,1-2H3/b13-11-,19-17-,23-21-,29-27?/i36+2. The first-order valence-electron chi connectivity index (χ1n) is 17.4. The minimum Gasteiger partial charge on any atom is -0.300 e. The van der Waals surface area contributed by atoms with Gasteiger partial charge in [0.2, 0.25) is 0 Å². The molecule has 0 amide bonds. The summed E-state index contributed by atoms with van der Waals surface area (Å²) in [5.74, 6) is 0.483. The topological polar surface area (TPSA) is 17.1 Å². The van der Waals surface area contributed by atoms with E-state index in [4.69, 9.17) is 0 Å². The van der Waals surface area contributed by atoms with Crippen molar-refractivity contribution in [1.82, 2.24) is 0 Å². The SMILES string of the molecule is CCCCC/C=C\C/C=C\C/C=C\CC=CCCCCC(=O)[14CH2]CCCCCCCCCCCCCCCC. The van der Waals surface area contributed by atoms with Crippen molar-refractivity contribution in [2.45, 2.75) is 187 Å². The van der Waals surface area contributed by atoms with Crippen LogP contribution in [0.15, 0.2) is 48.6 Å². The van der Waals surface area contributed by atoms with Crippen LogP contribution in [0.5, 0.6) is 0 Å². The lowest BCUT2D eigenvalue weighted by Gasteiger charge is -2.03. The van der Waals surface area contributed by atoms with Gasteiger partial charge in [-0.05, 0) is 57.8 Å². The predicted molar refractivity (Wildman–Crippen MR) is 178 cm³/mol. The maximum Gasteiger partial charge on any atom is 0.132 e. The van der Waals surface area contributed by atoms with E-state index in [1.807, 2.05) is 0 Å². The molecule has 0 unspecified atom stereocenters. The van der Waals surface area contributed by atoms with Gasteiger partial charge in [-0.3, -0.25) is 4.79 Å². The average molecular weight is 543 g/mol. The number of unbranched alkanes of at least 4 members (excludes halogenated alkanes) is 19. The molecule has 0 aliphatic rings. The monoisotopic (exact) mass is 543 g/mol. The van der Waals surface area contributed by atoms with Gasteiger partial charge >= 0.3 is 0 Å². The third-order valence-corrected chi connectivity index (χ3v) is 7.59. The molecule has 1 nitrogen and oxygen atoms in total. The van der Waals surface area contributed by atoms with Gasteiger partial charge in [0.05, 0.1) is 0 Å². The van der Waals surface area contributed by atoms with Gasteiger partial charge in [0.15, 0.2) is 0 Å². The molecule has 0 N–H and O–H groups in total. The maximum absolute atomic E-state index is 12.1. The Labute approximate surface area is 246 Å². The first-order chi connectivity index (χ1) is 19.3. The first kappa shape index (κ1) is 37.6. The minimum atomic E-state index is 0.483. The van der Waals surface area contributed by atoms with Crippen molar-refractivity contribution in [3.63, 3.8) is 0 Å².